The maximum atomic E-state index is 11.9. The Morgan fingerprint density at radius 1 is 1.41 bits per heavy atom. The number of rotatable bonds is 4. The highest BCUT2D eigenvalue weighted by Gasteiger charge is 2.39. The molecular formula is C11H12F2N2O2. The number of halogens is 2. The van der Waals surface area contributed by atoms with Crippen molar-refractivity contribution in [1.29, 1.82) is 0 Å². The standard InChI is InChI=1S/C11H12F2N2O2/c12-11(13)17-7-3-1-6(2-4-7)15-10(16)8-5-9(8)14/h1-4,8-9,11H,5,14H2,(H,15,16). The molecule has 1 aliphatic rings. The number of carbonyl (C=O) groups excluding carboxylic acids is 1. The third-order valence-electron chi connectivity index (χ3n) is 2.52. The second kappa shape index (κ2) is 4.67. The molecule has 1 aromatic rings. The van der Waals surface area contributed by atoms with Gasteiger partial charge in [0.2, 0.25) is 5.91 Å². The average molecular weight is 242 g/mol. The SMILES string of the molecule is NC1CC1C(=O)Nc1ccc(OC(F)F)cc1. The highest BCUT2D eigenvalue weighted by atomic mass is 19.3. The van der Waals surface area contributed by atoms with E-state index in [-0.39, 0.29) is 23.6 Å². The molecule has 0 bridgehead atoms. The minimum atomic E-state index is -2.85. The van der Waals surface area contributed by atoms with Crippen LogP contribution in [0.15, 0.2) is 24.3 Å². The van der Waals surface area contributed by atoms with Gasteiger partial charge in [0, 0.05) is 11.7 Å². The molecule has 92 valence electrons. The summed E-state index contributed by atoms with van der Waals surface area (Å²) < 4.78 is 27.9. The molecule has 1 amide bonds. The Morgan fingerprint density at radius 2 is 2.00 bits per heavy atom. The highest BCUT2D eigenvalue weighted by molar-refractivity contribution is 5.94. The molecule has 0 aliphatic heterocycles. The molecule has 1 aromatic carbocycles. The van der Waals surface area contributed by atoms with Gasteiger partial charge in [-0.15, -0.1) is 0 Å². The molecule has 4 nitrogen and oxygen atoms in total. The van der Waals surface area contributed by atoms with E-state index < -0.39 is 6.61 Å². The van der Waals surface area contributed by atoms with Gasteiger partial charge in [-0.2, -0.15) is 8.78 Å². The molecule has 17 heavy (non-hydrogen) atoms. The van der Waals surface area contributed by atoms with Crippen molar-refractivity contribution < 1.29 is 18.3 Å². The zero-order valence-electron chi connectivity index (χ0n) is 8.90. The lowest BCUT2D eigenvalue weighted by Gasteiger charge is -2.07. The van der Waals surface area contributed by atoms with E-state index in [1.165, 1.54) is 24.3 Å². The number of hydrogen-bond acceptors (Lipinski definition) is 3. The molecule has 1 aliphatic carbocycles. The summed E-state index contributed by atoms with van der Waals surface area (Å²) in [5.41, 5.74) is 6.07. The van der Waals surface area contributed by atoms with Gasteiger partial charge >= 0.3 is 6.61 Å². The van der Waals surface area contributed by atoms with E-state index in [1.807, 2.05) is 0 Å². The van der Waals surface area contributed by atoms with Gasteiger partial charge in [-0.1, -0.05) is 0 Å². The quantitative estimate of drug-likeness (QED) is 0.842. The molecule has 0 heterocycles. The summed E-state index contributed by atoms with van der Waals surface area (Å²) in [4.78, 5) is 11.5. The lowest BCUT2D eigenvalue weighted by molar-refractivity contribution is -0.117. The van der Waals surface area contributed by atoms with Crippen LogP contribution in [-0.4, -0.2) is 18.6 Å². The average Bonchev–Trinajstić information content (AvgIpc) is 2.98. The fourth-order valence-corrected chi connectivity index (χ4v) is 1.47. The van der Waals surface area contributed by atoms with E-state index in [0.717, 1.165) is 0 Å². The molecule has 0 aromatic heterocycles. The number of anilines is 1. The van der Waals surface area contributed by atoms with Gasteiger partial charge in [0.15, 0.2) is 0 Å². The van der Waals surface area contributed by atoms with Crippen LogP contribution in [0.25, 0.3) is 0 Å². The number of hydrogen-bond donors (Lipinski definition) is 2. The number of alkyl halides is 2. The van der Waals surface area contributed by atoms with Crippen LogP contribution in [0.2, 0.25) is 0 Å². The van der Waals surface area contributed by atoms with Crippen molar-refractivity contribution >= 4 is 11.6 Å². The maximum Gasteiger partial charge on any atom is 0.387 e. The molecule has 0 radical (unpaired) electrons. The fourth-order valence-electron chi connectivity index (χ4n) is 1.47. The number of nitrogens with two attached hydrogens (primary N) is 1. The molecule has 2 rings (SSSR count). The second-order valence-electron chi connectivity index (χ2n) is 3.90. The first kappa shape index (κ1) is 11.8. The molecule has 0 spiro atoms. The van der Waals surface area contributed by atoms with Crippen LogP contribution < -0.4 is 15.8 Å². The van der Waals surface area contributed by atoms with Crippen molar-refractivity contribution in [2.45, 2.75) is 19.1 Å². The molecule has 6 heteroatoms. The number of amides is 1. The van der Waals surface area contributed by atoms with Crippen LogP contribution in [0.1, 0.15) is 6.42 Å². The third-order valence-corrected chi connectivity index (χ3v) is 2.52. The van der Waals surface area contributed by atoms with Gasteiger partial charge in [-0.25, -0.2) is 0 Å². The van der Waals surface area contributed by atoms with E-state index in [9.17, 15) is 13.6 Å². The predicted molar refractivity (Wildman–Crippen MR) is 57.8 cm³/mol. The Kier molecular flexibility index (Phi) is 3.23. The summed E-state index contributed by atoms with van der Waals surface area (Å²) >= 11 is 0. The van der Waals surface area contributed by atoms with Crippen molar-refractivity contribution in [3.05, 3.63) is 24.3 Å². The van der Waals surface area contributed by atoms with Crippen LogP contribution in [0.5, 0.6) is 5.75 Å². The molecule has 1 fully saturated rings. The zero-order chi connectivity index (χ0) is 12.4. The first-order valence-corrected chi connectivity index (χ1v) is 5.17. The fraction of sp³-hybridized carbons (Fsp3) is 0.364. The summed E-state index contributed by atoms with van der Waals surface area (Å²) in [5, 5.41) is 2.65. The lowest BCUT2D eigenvalue weighted by Crippen LogP contribution is -2.18. The number of carbonyl (C=O) groups is 1. The van der Waals surface area contributed by atoms with Crippen molar-refractivity contribution in [2.75, 3.05) is 5.32 Å². The first-order chi connectivity index (χ1) is 8.06. The monoisotopic (exact) mass is 242 g/mol. The Morgan fingerprint density at radius 3 is 2.47 bits per heavy atom. The Balaban J connectivity index is 1.91. The summed E-state index contributed by atoms with van der Waals surface area (Å²) in [6.07, 6.45) is 0.693. The Bertz CT molecular complexity index is 408. The van der Waals surface area contributed by atoms with Crippen LogP contribution in [0.3, 0.4) is 0 Å². The van der Waals surface area contributed by atoms with E-state index in [0.29, 0.717) is 12.1 Å². The van der Waals surface area contributed by atoms with Gasteiger partial charge in [-0.05, 0) is 30.7 Å². The zero-order valence-corrected chi connectivity index (χ0v) is 8.90. The van der Waals surface area contributed by atoms with Crippen molar-refractivity contribution in [3.8, 4) is 5.75 Å². The van der Waals surface area contributed by atoms with Crippen LogP contribution >= 0.6 is 0 Å². The topological polar surface area (TPSA) is 64.4 Å². The lowest BCUT2D eigenvalue weighted by atomic mass is 10.3. The summed E-state index contributed by atoms with van der Waals surface area (Å²) in [5.74, 6) is -0.215. The summed E-state index contributed by atoms with van der Waals surface area (Å²) in [7, 11) is 0. The Hall–Kier alpha value is -1.69. The molecule has 3 N–H and O–H groups in total. The summed E-state index contributed by atoms with van der Waals surface area (Å²) in [6.45, 7) is -2.85. The van der Waals surface area contributed by atoms with Crippen molar-refractivity contribution in [2.24, 2.45) is 11.7 Å². The van der Waals surface area contributed by atoms with E-state index in [4.69, 9.17) is 5.73 Å². The molecular weight excluding hydrogens is 230 g/mol. The summed E-state index contributed by atoms with van der Waals surface area (Å²) in [6, 6.07) is 5.69. The van der Waals surface area contributed by atoms with E-state index in [1.54, 1.807) is 0 Å². The van der Waals surface area contributed by atoms with Crippen LogP contribution in [-0.2, 0) is 4.79 Å². The highest BCUT2D eigenvalue weighted by Crippen LogP contribution is 2.29. The van der Waals surface area contributed by atoms with Crippen molar-refractivity contribution in [1.82, 2.24) is 0 Å². The first-order valence-electron chi connectivity index (χ1n) is 5.17. The van der Waals surface area contributed by atoms with E-state index >= 15 is 0 Å². The van der Waals surface area contributed by atoms with Gasteiger partial charge < -0.3 is 15.8 Å². The largest absolute Gasteiger partial charge is 0.435 e. The molecule has 2 unspecified atom stereocenters. The minimum Gasteiger partial charge on any atom is -0.435 e. The smallest absolute Gasteiger partial charge is 0.387 e. The van der Waals surface area contributed by atoms with E-state index in [2.05, 4.69) is 10.1 Å². The second-order valence-corrected chi connectivity index (χ2v) is 3.90. The normalized spacial score (nSPS) is 22.4. The van der Waals surface area contributed by atoms with Gasteiger partial charge in [0.1, 0.15) is 5.75 Å². The number of ether oxygens (including phenoxy) is 1. The van der Waals surface area contributed by atoms with Crippen LogP contribution in [0, 0.1) is 5.92 Å². The Labute approximate surface area is 96.7 Å². The molecule has 2 atom stereocenters. The maximum absolute atomic E-state index is 11.9. The third kappa shape index (κ3) is 3.13. The number of nitrogens with one attached hydrogen (secondary N) is 1. The van der Waals surface area contributed by atoms with Gasteiger partial charge in [0.25, 0.3) is 0 Å². The minimum absolute atomic E-state index is 0.0566. The molecule has 1 saturated carbocycles. The molecule has 0 saturated heterocycles. The van der Waals surface area contributed by atoms with Crippen LogP contribution in [0.4, 0.5) is 14.5 Å². The van der Waals surface area contributed by atoms with Gasteiger partial charge in [-0.3, -0.25) is 4.79 Å². The predicted octanol–water partition coefficient (Wildman–Crippen LogP) is 1.57. The van der Waals surface area contributed by atoms with Gasteiger partial charge in [0.05, 0.1) is 5.92 Å². The number of benzene rings is 1. The van der Waals surface area contributed by atoms with Crippen molar-refractivity contribution in [3.63, 3.8) is 0 Å².